The molecule has 0 radical (unpaired) electrons. The lowest BCUT2D eigenvalue weighted by molar-refractivity contribution is 0.529. The maximum atomic E-state index is 6.01. The van der Waals surface area contributed by atoms with E-state index in [2.05, 4.69) is 9.88 Å². The topological polar surface area (TPSA) is 55.3 Å². The van der Waals surface area contributed by atoms with Crippen molar-refractivity contribution >= 4 is 22.3 Å². The summed E-state index contributed by atoms with van der Waals surface area (Å²) in [6.45, 7) is 2.75. The number of furan rings is 1. The molecule has 2 aromatic heterocycles. The first-order chi connectivity index (χ1) is 9.66. The quantitative estimate of drug-likeness (QED) is 0.739. The molecule has 0 saturated carbocycles. The summed E-state index contributed by atoms with van der Waals surface area (Å²) in [7, 11) is 2.05. The summed E-state index contributed by atoms with van der Waals surface area (Å²) in [5.41, 5.74) is 9.93. The number of nitrogen functional groups attached to an aromatic ring is 1. The van der Waals surface area contributed by atoms with Gasteiger partial charge in [0.1, 0.15) is 5.76 Å². The van der Waals surface area contributed by atoms with Gasteiger partial charge in [0.15, 0.2) is 0 Å². The number of nitrogens with two attached hydrogens (primary N) is 1. The van der Waals surface area contributed by atoms with E-state index in [1.165, 1.54) is 5.56 Å². The molecule has 4 nitrogen and oxygen atoms in total. The predicted octanol–water partition coefficient (Wildman–Crippen LogP) is 3.35. The van der Waals surface area contributed by atoms with Crippen LogP contribution in [0.2, 0.25) is 0 Å². The van der Waals surface area contributed by atoms with Crippen LogP contribution in [-0.2, 0) is 6.54 Å². The Morgan fingerprint density at radius 2 is 2.10 bits per heavy atom. The summed E-state index contributed by atoms with van der Waals surface area (Å²) in [5, 5.41) is 0.987. The van der Waals surface area contributed by atoms with Crippen LogP contribution in [0.5, 0.6) is 0 Å². The normalized spacial score (nSPS) is 10.9. The van der Waals surface area contributed by atoms with Crippen LogP contribution in [-0.4, -0.2) is 12.0 Å². The molecule has 2 N–H and O–H groups in total. The van der Waals surface area contributed by atoms with Crippen molar-refractivity contribution in [3.05, 3.63) is 54.1 Å². The average Bonchev–Trinajstić information content (AvgIpc) is 2.85. The zero-order valence-electron chi connectivity index (χ0n) is 11.6. The van der Waals surface area contributed by atoms with Gasteiger partial charge in [-0.25, -0.2) is 0 Å². The fraction of sp³-hybridized carbons (Fsp3) is 0.188. The van der Waals surface area contributed by atoms with E-state index in [4.69, 9.17) is 10.2 Å². The lowest BCUT2D eigenvalue weighted by Gasteiger charge is -2.20. The number of nitrogens with zero attached hydrogens (tertiary/aromatic N) is 2. The zero-order chi connectivity index (χ0) is 14.1. The van der Waals surface area contributed by atoms with Crippen molar-refractivity contribution in [2.45, 2.75) is 13.5 Å². The third-order valence-corrected chi connectivity index (χ3v) is 3.57. The molecule has 0 aliphatic heterocycles. The van der Waals surface area contributed by atoms with Crippen LogP contribution < -0.4 is 10.6 Å². The number of pyridine rings is 1. The van der Waals surface area contributed by atoms with Gasteiger partial charge in [0.2, 0.25) is 0 Å². The van der Waals surface area contributed by atoms with Crippen molar-refractivity contribution in [2.24, 2.45) is 0 Å². The maximum absolute atomic E-state index is 6.01. The van der Waals surface area contributed by atoms with Gasteiger partial charge in [0.05, 0.1) is 17.5 Å². The monoisotopic (exact) mass is 267 g/mol. The summed E-state index contributed by atoms with van der Waals surface area (Å²) >= 11 is 0. The van der Waals surface area contributed by atoms with Gasteiger partial charge in [-0.3, -0.25) is 4.98 Å². The van der Waals surface area contributed by atoms with Gasteiger partial charge in [-0.1, -0.05) is 0 Å². The summed E-state index contributed by atoms with van der Waals surface area (Å²) in [6, 6.07) is 9.84. The molecule has 0 bridgehead atoms. The first-order valence-electron chi connectivity index (χ1n) is 6.54. The Morgan fingerprint density at radius 1 is 1.25 bits per heavy atom. The number of rotatable bonds is 3. The number of aromatic nitrogens is 1. The Balaban J connectivity index is 2.02. The lowest BCUT2D eigenvalue weighted by Crippen LogP contribution is -2.17. The highest BCUT2D eigenvalue weighted by molar-refractivity contribution is 5.98. The number of hydrogen-bond donors (Lipinski definition) is 1. The molecule has 0 fully saturated rings. The Kier molecular flexibility index (Phi) is 3.06. The van der Waals surface area contributed by atoms with Crippen LogP contribution in [0.3, 0.4) is 0 Å². The van der Waals surface area contributed by atoms with Crippen molar-refractivity contribution in [3.63, 3.8) is 0 Å². The minimum atomic E-state index is 0.754. The first kappa shape index (κ1) is 12.5. The predicted molar refractivity (Wildman–Crippen MR) is 81.7 cm³/mol. The van der Waals surface area contributed by atoms with Crippen LogP contribution in [0.15, 0.2) is 47.2 Å². The maximum Gasteiger partial charge on any atom is 0.105 e. The van der Waals surface area contributed by atoms with E-state index in [9.17, 15) is 0 Å². The Bertz CT molecular complexity index is 748. The zero-order valence-corrected chi connectivity index (χ0v) is 11.6. The minimum Gasteiger partial charge on any atom is -0.469 e. The van der Waals surface area contributed by atoms with Gasteiger partial charge < -0.3 is 15.1 Å². The molecular formula is C16H17N3O. The summed E-state index contributed by atoms with van der Waals surface area (Å²) in [5.74, 6) is 0.949. The smallest absolute Gasteiger partial charge is 0.105 e. The van der Waals surface area contributed by atoms with Gasteiger partial charge in [-0.15, -0.1) is 0 Å². The van der Waals surface area contributed by atoms with Crippen molar-refractivity contribution < 1.29 is 4.42 Å². The van der Waals surface area contributed by atoms with Crippen LogP contribution in [0.4, 0.5) is 11.4 Å². The molecule has 0 saturated heterocycles. The van der Waals surface area contributed by atoms with E-state index >= 15 is 0 Å². The van der Waals surface area contributed by atoms with Crippen molar-refractivity contribution in [1.82, 2.24) is 4.98 Å². The first-order valence-corrected chi connectivity index (χ1v) is 6.54. The SMILES string of the molecule is Cc1occc1CN(C)c1ccc(N)c2cccnc12. The highest BCUT2D eigenvalue weighted by atomic mass is 16.3. The third-order valence-electron chi connectivity index (χ3n) is 3.57. The Hall–Kier alpha value is -2.49. The minimum absolute atomic E-state index is 0.754. The van der Waals surface area contributed by atoms with Crippen molar-refractivity contribution in [2.75, 3.05) is 17.7 Å². The number of hydrogen-bond acceptors (Lipinski definition) is 4. The summed E-state index contributed by atoms with van der Waals surface area (Å²) in [6.07, 6.45) is 3.51. The average molecular weight is 267 g/mol. The van der Waals surface area contributed by atoms with E-state index in [0.29, 0.717) is 0 Å². The van der Waals surface area contributed by atoms with E-state index in [1.54, 1.807) is 12.5 Å². The van der Waals surface area contributed by atoms with Crippen LogP contribution in [0.1, 0.15) is 11.3 Å². The van der Waals surface area contributed by atoms with Gasteiger partial charge in [-0.05, 0) is 37.3 Å². The van der Waals surface area contributed by atoms with Crippen LogP contribution in [0.25, 0.3) is 10.9 Å². The van der Waals surface area contributed by atoms with E-state index in [1.807, 2.05) is 44.3 Å². The highest BCUT2D eigenvalue weighted by Crippen LogP contribution is 2.29. The standard InChI is InChI=1S/C16H17N3O/c1-11-12(7-9-20-11)10-19(2)15-6-5-14(17)13-4-3-8-18-16(13)15/h3-9H,10,17H2,1-2H3. The largest absolute Gasteiger partial charge is 0.469 e. The molecular weight excluding hydrogens is 250 g/mol. The number of aryl methyl sites for hydroxylation is 1. The molecule has 4 heteroatoms. The Morgan fingerprint density at radius 3 is 2.85 bits per heavy atom. The van der Waals surface area contributed by atoms with Gasteiger partial charge in [-0.2, -0.15) is 0 Å². The summed E-state index contributed by atoms with van der Waals surface area (Å²) < 4.78 is 5.35. The van der Waals surface area contributed by atoms with Crippen molar-refractivity contribution in [1.29, 1.82) is 0 Å². The second kappa shape index (κ2) is 4.89. The van der Waals surface area contributed by atoms with E-state index < -0.39 is 0 Å². The number of anilines is 2. The second-order valence-corrected chi connectivity index (χ2v) is 4.93. The highest BCUT2D eigenvalue weighted by Gasteiger charge is 2.11. The molecule has 0 spiro atoms. The fourth-order valence-electron chi connectivity index (χ4n) is 2.40. The molecule has 0 aliphatic carbocycles. The molecule has 0 aliphatic rings. The fourth-order valence-corrected chi connectivity index (χ4v) is 2.40. The molecule has 2 heterocycles. The van der Waals surface area contributed by atoms with Crippen LogP contribution >= 0.6 is 0 Å². The van der Waals surface area contributed by atoms with E-state index in [-0.39, 0.29) is 0 Å². The molecule has 3 rings (SSSR count). The molecule has 0 unspecified atom stereocenters. The molecule has 1 aromatic carbocycles. The second-order valence-electron chi connectivity index (χ2n) is 4.93. The number of benzene rings is 1. The van der Waals surface area contributed by atoms with Gasteiger partial charge >= 0.3 is 0 Å². The molecule has 102 valence electrons. The van der Waals surface area contributed by atoms with Crippen molar-refractivity contribution in [3.8, 4) is 0 Å². The third kappa shape index (κ3) is 2.09. The van der Waals surface area contributed by atoms with Crippen LogP contribution in [0, 0.1) is 6.92 Å². The number of fused-ring (bicyclic) bond motifs is 1. The molecule has 3 aromatic rings. The lowest BCUT2D eigenvalue weighted by atomic mass is 10.1. The molecule has 20 heavy (non-hydrogen) atoms. The molecule has 0 amide bonds. The van der Waals surface area contributed by atoms with E-state index in [0.717, 1.165) is 34.6 Å². The summed E-state index contributed by atoms with van der Waals surface area (Å²) in [4.78, 5) is 6.63. The Labute approximate surface area is 117 Å². The van der Waals surface area contributed by atoms with Gasteiger partial charge in [0, 0.05) is 36.4 Å². The van der Waals surface area contributed by atoms with Gasteiger partial charge in [0.25, 0.3) is 0 Å². The molecule has 0 atom stereocenters.